The number of fused-ring (bicyclic) bond motifs is 1. The van der Waals surface area contributed by atoms with Crippen LogP contribution >= 0.6 is 0 Å². The van der Waals surface area contributed by atoms with Crippen LogP contribution in [-0.2, 0) is 11.8 Å². The van der Waals surface area contributed by atoms with Crippen LogP contribution in [0.5, 0.6) is 0 Å². The second kappa shape index (κ2) is 4.10. The molecule has 2 aliphatic carbocycles. The van der Waals surface area contributed by atoms with Gasteiger partial charge in [0.15, 0.2) is 0 Å². The Labute approximate surface area is 123 Å². The summed E-state index contributed by atoms with van der Waals surface area (Å²) in [5, 5.41) is 0. The molecule has 2 fully saturated rings. The van der Waals surface area contributed by atoms with Gasteiger partial charge in [-0.1, -0.05) is 31.2 Å². The lowest BCUT2D eigenvalue weighted by Crippen LogP contribution is -2.67. The smallest absolute Gasteiger partial charge is 0.0255 e. The highest BCUT2D eigenvalue weighted by Gasteiger charge is 2.59. The number of likely N-dealkylation sites (tertiary alicyclic amines) is 1. The van der Waals surface area contributed by atoms with E-state index < -0.39 is 0 Å². The summed E-state index contributed by atoms with van der Waals surface area (Å²) in [7, 11) is 2.36. The second-order valence-corrected chi connectivity index (χ2v) is 7.95. The number of rotatable bonds is 0. The summed E-state index contributed by atoms with van der Waals surface area (Å²) in [4.78, 5) is 2.67. The van der Waals surface area contributed by atoms with Gasteiger partial charge >= 0.3 is 0 Å². The lowest BCUT2D eigenvalue weighted by molar-refractivity contribution is -0.0709. The average Bonchev–Trinajstić information content (AvgIpc) is 2.45. The molecule has 1 aliphatic heterocycles. The summed E-state index contributed by atoms with van der Waals surface area (Å²) < 4.78 is 0. The summed E-state index contributed by atoms with van der Waals surface area (Å²) in [6, 6.07) is 9.34. The molecule has 1 aromatic carbocycles. The number of nitrogens with zero attached hydrogens (tertiary/aromatic N) is 1. The maximum atomic E-state index is 2.67. The van der Waals surface area contributed by atoms with Gasteiger partial charge in [-0.15, -0.1) is 0 Å². The highest BCUT2D eigenvalue weighted by Crippen LogP contribution is 2.60. The van der Waals surface area contributed by atoms with Gasteiger partial charge in [-0.25, -0.2) is 0 Å². The van der Waals surface area contributed by atoms with Crippen LogP contribution in [0.3, 0.4) is 0 Å². The molecule has 4 atom stereocenters. The molecule has 0 aromatic heterocycles. The number of hydrogen-bond donors (Lipinski definition) is 0. The van der Waals surface area contributed by atoms with Crippen molar-refractivity contribution in [3.05, 3.63) is 35.4 Å². The van der Waals surface area contributed by atoms with E-state index in [1.165, 1.54) is 38.6 Å². The fourth-order valence-electron chi connectivity index (χ4n) is 5.72. The molecule has 0 amide bonds. The van der Waals surface area contributed by atoms with Gasteiger partial charge in [-0.05, 0) is 75.6 Å². The first-order valence-corrected chi connectivity index (χ1v) is 8.36. The van der Waals surface area contributed by atoms with E-state index in [1.807, 2.05) is 0 Å². The molecule has 1 saturated carbocycles. The predicted molar refractivity (Wildman–Crippen MR) is 84.0 cm³/mol. The summed E-state index contributed by atoms with van der Waals surface area (Å²) in [6.07, 6.45) is 6.88. The third-order valence-corrected chi connectivity index (χ3v) is 7.01. The van der Waals surface area contributed by atoms with Gasteiger partial charge in [-0.3, -0.25) is 0 Å². The molecule has 3 aliphatic rings. The monoisotopic (exact) mass is 269 g/mol. The van der Waals surface area contributed by atoms with Gasteiger partial charge in [0.05, 0.1) is 0 Å². The first-order chi connectivity index (χ1) is 9.56. The van der Waals surface area contributed by atoms with Crippen molar-refractivity contribution in [3.63, 3.8) is 0 Å². The Kier molecular flexibility index (Phi) is 2.64. The molecule has 2 bridgehead atoms. The Balaban J connectivity index is 1.93. The van der Waals surface area contributed by atoms with Crippen LogP contribution in [0.4, 0.5) is 0 Å². The zero-order valence-corrected chi connectivity index (χ0v) is 13.2. The van der Waals surface area contributed by atoms with Crippen molar-refractivity contribution >= 4 is 0 Å². The quantitative estimate of drug-likeness (QED) is 0.688. The van der Waals surface area contributed by atoms with Gasteiger partial charge in [0.1, 0.15) is 0 Å². The topological polar surface area (TPSA) is 3.24 Å². The molecule has 108 valence electrons. The van der Waals surface area contributed by atoms with Crippen LogP contribution in [0.15, 0.2) is 24.3 Å². The molecular formula is C19H27N. The Bertz CT molecular complexity index is 532. The molecule has 4 rings (SSSR count). The molecule has 1 heterocycles. The summed E-state index contributed by atoms with van der Waals surface area (Å²) in [5.41, 5.74) is 4.21. The number of hydrogen-bond acceptors (Lipinski definition) is 1. The van der Waals surface area contributed by atoms with Crippen LogP contribution in [-0.4, -0.2) is 24.0 Å². The van der Waals surface area contributed by atoms with E-state index in [9.17, 15) is 0 Å². The van der Waals surface area contributed by atoms with Crippen molar-refractivity contribution in [2.45, 2.75) is 56.9 Å². The third-order valence-electron chi connectivity index (χ3n) is 7.01. The largest absolute Gasteiger partial charge is 0.300 e. The molecule has 4 unspecified atom stereocenters. The normalized spacial score (nSPS) is 43.8. The van der Waals surface area contributed by atoms with Crippen LogP contribution in [0.25, 0.3) is 0 Å². The maximum Gasteiger partial charge on any atom is 0.0255 e. The highest BCUT2D eigenvalue weighted by atomic mass is 15.2. The molecule has 1 heteroatoms. The third kappa shape index (κ3) is 1.48. The molecule has 1 aromatic rings. The molecule has 1 saturated heterocycles. The standard InChI is InChI=1S/C19H27N/c1-14-8-9-19-10-11-20(3)18(2,17(19)12-14)13-15-6-4-5-7-16(15)19/h4-7,14,17H,8-13H2,1-3H3. The Morgan fingerprint density at radius 2 is 2.00 bits per heavy atom. The lowest BCUT2D eigenvalue weighted by atomic mass is 9.47. The fraction of sp³-hybridized carbons (Fsp3) is 0.684. The van der Waals surface area contributed by atoms with Crippen LogP contribution in [0, 0.1) is 11.8 Å². The number of benzene rings is 1. The minimum Gasteiger partial charge on any atom is -0.300 e. The van der Waals surface area contributed by atoms with E-state index in [-0.39, 0.29) is 0 Å². The summed E-state index contributed by atoms with van der Waals surface area (Å²) >= 11 is 0. The van der Waals surface area contributed by atoms with E-state index >= 15 is 0 Å². The van der Waals surface area contributed by atoms with Gasteiger partial charge in [0.25, 0.3) is 0 Å². The molecular weight excluding hydrogens is 242 g/mol. The minimum atomic E-state index is 0.376. The van der Waals surface area contributed by atoms with Gasteiger partial charge < -0.3 is 4.90 Å². The van der Waals surface area contributed by atoms with Gasteiger partial charge in [-0.2, -0.15) is 0 Å². The lowest BCUT2D eigenvalue weighted by Gasteiger charge is -2.64. The molecule has 1 nitrogen and oxygen atoms in total. The highest BCUT2D eigenvalue weighted by molar-refractivity contribution is 5.43. The zero-order valence-electron chi connectivity index (χ0n) is 13.2. The first kappa shape index (κ1) is 12.9. The van der Waals surface area contributed by atoms with Crippen molar-refractivity contribution in [2.24, 2.45) is 11.8 Å². The van der Waals surface area contributed by atoms with E-state index in [0.717, 1.165) is 11.8 Å². The Morgan fingerprint density at radius 3 is 2.85 bits per heavy atom. The first-order valence-electron chi connectivity index (χ1n) is 8.36. The average molecular weight is 269 g/mol. The van der Waals surface area contributed by atoms with Gasteiger partial charge in [0, 0.05) is 11.0 Å². The van der Waals surface area contributed by atoms with Crippen molar-refractivity contribution in [2.75, 3.05) is 13.6 Å². The summed E-state index contributed by atoms with van der Waals surface area (Å²) in [6.45, 7) is 6.28. The predicted octanol–water partition coefficient (Wildman–Crippen LogP) is 4.01. The van der Waals surface area contributed by atoms with Crippen LogP contribution in [0.1, 0.15) is 50.7 Å². The van der Waals surface area contributed by atoms with E-state index in [1.54, 1.807) is 11.1 Å². The Hall–Kier alpha value is -0.820. The van der Waals surface area contributed by atoms with Crippen molar-refractivity contribution in [1.29, 1.82) is 0 Å². The zero-order chi connectivity index (χ0) is 14.0. The molecule has 0 spiro atoms. The van der Waals surface area contributed by atoms with Crippen molar-refractivity contribution in [1.82, 2.24) is 4.90 Å². The fourth-order valence-corrected chi connectivity index (χ4v) is 5.72. The SMILES string of the molecule is CC1CCC23CCN(C)C(C)(Cc4ccccc42)C3C1. The summed E-state index contributed by atoms with van der Waals surface area (Å²) in [5.74, 6) is 1.76. The van der Waals surface area contributed by atoms with E-state index in [2.05, 4.69) is 50.1 Å². The number of likely N-dealkylation sites (N-methyl/N-ethyl adjacent to an activating group) is 1. The Morgan fingerprint density at radius 1 is 1.20 bits per heavy atom. The van der Waals surface area contributed by atoms with Crippen molar-refractivity contribution < 1.29 is 0 Å². The van der Waals surface area contributed by atoms with Crippen LogP contribution in [0.2, 0.25) is 0 Å². The molecule has 0 N–H and O–H groups in total. The van der Waals surface area contributed by atoms with Crippen molar-refractivity contribution in [3.8, 4) is 0 Å². The number of piperidine rings is 1. The second-order valence-electron chi connectivity index (χ2n) is 7.95. The molecule has 0 radical (unpaired) electrons. The van der Waals surface area contributed by atoms with E-state index in [4.69, 9.17) is 0 Å². The minimum absolute atomic E-state index is 0.376. The van der Waals surface area contributed by atoms with Crippen LogP contribution < -0.4 is 0 Å². The van der Waals surface area contributed by atoms with Gasteiger partial charge in [0.2, 0.25) is 0 Å². The maximum absolute atomic E-state index is 2.67. The molecule has 20 heavy (non-hydrogen) atoms. The van der Waals surface area contributed by atoms with E-state index in [0.29, 0.717) is 11.0 Å².